The molecule has 0 spiro atoms. The number of anilines is 1. The van der Waals surface area contributed by atoms with E-state index in [0.717, 1.165) is 12.0 Å². The van der Waals surface area contributed by atoms with E-state index in [1.54, 1.807) is 19.1 Å². The highest BCUT2D eigenvalue weighted by Gasteiger charge is 2.35. The van der Waals surface area contributed by atoms with Crippen molar-refractivity contribution in [2.45, 2.75) is 39.2 Å². The Bertz CT molecular complexity index is 534. The number of carbonyl (C=O) groups is 2. The molecule has 0 aliphatic heterocycles. The summed E-state index contributed by atoms with van der Waals surface area (Å²) in [6.45, 7) is 5.45. The largest absolute Gasteiger partial charge is 0.467 e. The Morgan fingerprint density at radius 2 is 2.05 bits per heavy atom. The molecule has 0 radical (unpaired) electrons. The van der Waals surface area contributed by atoms with Gasteiger partial charge in [-0.1, -0.05) is 31.0 Å². The molecule has 1 rings (SSSR count). The summed E-state index contributed by atoms with van der Waals surface area (Å²) in [7, 11) is 1.30. The minimum absolute atomic E-state index is 0.471. The van der Waals surface area contributed by atoms with Gasteiger partial charge in [-0.15, -0.1) is 0 Å². The number of rotatable bonds is 5. The molecule has 6 heteroatoms. The van der Waals surface area contributed by atoms with E-state index in [2.05, 4.69) is 10.6 Å². The van der Waals surface area contributed by atoms with Gasteiger partial charge in [0.15, 0.2) is 0 Å². The van der Waals surface area contributed by atoms with Crippen LogP contribution in [0.3, 0.4) is 0 Å². The van der Waals surface area contributed by atoms with Gasteiger partial charge in [-0.25, -0.2) is 9.59 Å². The molecule has 0 aromatic heterocycles. The van der Waals surface area contributed by atoms with Crippen molar-refractivity contribution in [3.05, 3.63) is 28.8 Å². The van der Waals surface area contributed by atoms with Gasteiger partial charge in [-0.2, -0.15) is 0 Å². The molecule has 5 nitrogen and oxygen atoms in total. The second kappa shape index (κ2) is 7.31. The Balaban J connectivity index is 2.78. The van der Waals surface area contributed by atoms with Gasteiger partial charge in [0.1, 0.15) is 5.54 Å². The van der Waals surface area contributed by atoms with Gasteiger partial charge >= 0.3 is 12.0 Å². The molecule has 0 heterocycles. The average molecular weight is 313 g/mol. The highest BCUT2D eigenvalue weighted by molar-refractivity contribution is 6.31. The van der Waals surface area contributed by atoms with E-state index in [1.165, 1.54) is 7.11 Å². The lowest BCUT2D eigenvalue weighted by molar-refractivity contribution is -0.147. The zero-order valence-electron chi connectivity index (χ0n) is 12.7. The number of methoxy groups -OCH3 is 1. The maximum Gasteiger partial charge on any atom is 0.331 e. The predicted molar refractivity (Wildman–Crippen MR) is 83.7 cm³/mol. The van der Waals surface area contributed by atoms with Gasteiger partial charge in [0.2, 0.25) is 0 Å². The number of aryl methyl sites for hydroxylation is 1. The van der Waals surface area contributed by atoms with Crippen molar-refractivity contribution in [1.29, 1.82) is 0 Å². The van der Waals surface area contributed by atoms with Crippen LogP contribution < -0.4 is 10.6 Å². The summed E-state index contributed by atoms with van der Waals surface area (Å²) in [6, 6.07) is 4.74. The summed E-state index contributed by atoms with van der Waals surface area (Å²) in [6.07, 6.45) is 1.23. The molecule has 2 N–H and O–H groups in total. The molecule has 0 bridgehead atoms. The van der Waals surface area contributed by atoms with Gasteiger partial charge in [-0.05, 0) is 38.0 Å². The van der Waals surface area contributed by atoms with Gasteiger partial charge in [-0.3, -0.25) is 0 Å². The average Bonchev–Trinajstić information content (AvgIpc) is 2.42. The van der Waals surface area contributed by atoms with Crippen molar-refractivity contribution in [2.24, 2.45) is 0 Å². The molecule has 0 fully saturated rings. The minimum atomic E-state index is -1.05. The quantitative estimate of drug-likeness (QED) is 0.818. The Morgan fingerprint density at radius 3 is 2.57 bits per heavy atom. The molecule has 2 amide bonds. The summed E-state index contributed by atoms with van der Waals surface area (Å²) < 4.78 is 4.75. The van der Waals surface area contributed by atoms with Crippen LogP contribution in [-0.2, 0) is 9.53 Å². The van der Waals surface area contributed by atoms with Gasteiger partial charge in [0, 0.05) is 10.7 Å². The van der Waals surface area contributed by atoms with Crippen LogP contribution >= 0.6 is 11.6 Å². The summed E-state index contributed by atoms with van der Waals surface area (Å²) in [5.74, 6) is -0.471. The molecule has 0 saturated heterocycles. The second-order valence-corrected chi connectivity index (χ2v) is 5.52. The van der Waals surface area contributed by atoms with Crippen LogP contribution in [0.25, 0.3) is 0 Å². The summed E-state index contributed by atoms with van der Waals surface area (Å²) in [5.41, 5.74) is 0.432. The third-order valence-electron chi connectivity index (χ3n) is 3.21. The lowest BCUT2D eigenvalue weighted by Crippen LogP contribution is -2.54. The molecule has 1 unspecified atom stereocenters. The van der Waals surface area contributed by atoms with Crippen molar-refractivity contribution in [3.8, 4) is 0 Å². The van der Waals surface area contributed by atoms with E-state index in [-0.39, 0.29) is 0 Å². The first-order valence-corrected chi connectivity index (χ1v) is 7.14. The molecular weight excluding hydrogens is 292 g/mol. The Hall–Kier alpha value is -1.75. The van der Waals surface area contributed by atoms with Crippen LogP contribution in [0.15, 0.2) is 18.2 Å². The molecular formula is C15H21ClN2O3. The van der Waals surface area contributed by atoms with Crippen LogP contribution in [0.4, 0.5) is 10.5 Å². The Kier molecular flexibility index (Phi) is 6.03. The van der Waals surface area contributed by atoms with Crippen LogP contribution in [0.1, 0.15) is 32.3 Å². The monoisotopic (exact) mass is 312 g/mol. The molecule has 1 aromatic rings. The second-order valence-electron chi connectivity index (χ2n) is 5.12. The number of urea groups is 1. The van der Waals surface area contributed by atoms with Crippen molar-refractivity contribution in [2.75, 3.05) is 12.4 Å². The normalized spacial score (nSPS) is 13.2. The predicted octanol–water partition coefficient (Wildman–Crippen LogP) is 3.50. The summed E-state index contributed by atoms with van der Waals surface area (Å²) in [4.78, 5) is 23.9. The van der Waals surface area contributed by atoms with Crippen molar-refractivity contribution in [3.63, 3.8) is 0 Å². The van der Waals surface area contributed by atoms with Crippen LogP contribution in [0, 0.1) is 6.92 Å². The fraction of sp³-hybridized carbons (Fsp3) is 0.467. The first-order valence-electron chi connectivity index (χ1n) is 6.76. The van der Waals surface area contributed by atoms with E-state index >= 15 is 0 Å². The van der Waals surface area contributed by atoms with Crippen LogP contribution in [0.5, 0.6) is 0 Å². The number of hydrogen-bond donors (Lipinski definition) is 2. The van der Waals surface area contributed by atoms with Gasteiger partial charge in [0.25, 0.3) is 0 Å². The van der Waals surface area contributed by atoms with E-state index < -0.39 is 17.5 Å². The van der Waals surface area contributed by atoms with Crippen molar-refractivity contribution >= 4 is 29.3 Å². The van der Waals surface area contributed by atoms with Crippen LogP contribution in [-0.4, -0.2) is 24.6 Å². The fourth-order valence-electron chi connectivity index (χ4n) is 2.02. The lowest BCUT2D eigenvalue weighted by Gasteiger charge is -2.27. The first-order chi connectivity index (χ1) is 9.82. The van der Waals surface area contributed by atoms with E-state index in [4.69, 9.17) is 16.3 Å². The molecule has 1 atom stereocenters. The highest BCUT2D eigenvalue weighted by atomic mass is 35.5. The molecule has 0 aliphatic carbocycles. The van der Waals surface area contributed by atoms with E-state index in [0.29, 0.717) is 17.1 Å². The topological polar surface area (TPSA) is 67.4 Å². The maximum absolute atomic E-state index is 12.0. The number of hydrogen-bond acceptors (Lipinski definition) is 3. The number of ether oxygens (including phenoxy) is 1. The third kappa shape index (κ3) is 4.63. The van der Waals surface area contributed by atoms with Crippen LogP contribution in [0.2, 0.25) is 5.02 Å². The number of esters is 1. The van der Waals surface area contributed by atoms with Gasteiger partial charge < -0.3 is 15.4 Å². The van der Waals surface area contributed by atoms with E-state index in [9.17, 15) is 9.59 Å². The fourth-order valence-corrected chi connectivity index (χ4v) is 2.20. The summed E-state index contributed by atoms with van der Waals surface area (Å²) >= 11 is 6.01. The lowest BCUT2D eigenvalue weighted by atomic mass is 9.96. The highest BCUT2D eigenvalue weighted by Crippen LogP contribution is 2.20. The standard InChI is InChI=1S/C15H21ClN2O3/c1-5-8-15(3,13(19)21-4)18-14(20)17-11-7-6-10(2)12(16)9-11/h6-7,9H,5,8H2,1-4H3,(H2,17,18,20). The summed E-state index contributed by atoms with van der Waals surface area (Å²) in [5, 5.41) is 5.89. The minimum Gasteiger partial charge on any atom is -0.467 e. The molecule has 1 aromatic carbocycles. The van der Waals surface area contributed by atoms with Gasteiger partial charge in [0.05, 0.1) is 7.11 Å². The SMILES string of the molecule is CCCC(C)(NC(=O)Nc1ccc(C)c(Cl)c1)C(=O)OC. The smallest absolute Gasteiger partial charge is 0.331 e. The Morgan fingerprint density at radius 1 is 1.38 bits per heavy atom. The molecule has 21 heavy (non-hydrogen) atoms. The zero-order chi connectivity index (χ0) is 16.0. The first kappa shape index (κ1) is 17.3. The number of halogens is 1. The number of benzene rings is 1. The number of amides is 2. The van der Waals surface area contributed by atoms with Crippen molar-refractivity contribution < 1.29 is 14.3 Å². The zero-order valence-corrected chi connectivity index (χ0v) is 13.5. The number of nitrogens with one attached hydrogen (secondary N) is 2. The Labute approximate surface area is 130 Å². The third-order valence-corrected chi connectivity index (χ3v) is 3.61. The molecule has 0 saturated carbocycles. The number of carbonyl (C=O) groups excluding carboxylic acids is 2. The molecule has 0 aliphatic rings. The molecule has 116 valence electrons. The van der Waals surface area contributed by atoms with Crippen molar-refractivity contribution in [1.82, 2.24) is 5.32 Å². The maximum atomic E-state index is 12.0. The van der Waals surface area contributed by atoms with E-state index in [1.807, 2.05) is 19.9 Å².